The highest BCUT2D eigenvalue weighted by Gasteiger charge is 2.10. The zero-order chi connectivity index (χ0) is 13.4. The molecule has 0 fully saturated rings. The molecule has 0 radical (unpaired) electrons. The van der Waals surface area contributed by atoms with Crippen LogP contribution >= 0.6 is 11.8 Å². The van der Waals surface area contributed by atoms with Crippen LogP contribution < -0.4 is 10.1 Å². The second kappa shape index (κ2) is 8.44. The minimum absolute atomic E-state index is 0.335. The molecule has 3 heteroatoms. The molecule has 1 aromatic rings. The van der Waals surface area contributed by atoms with Crippen molar-refractivity contribution < 1.29 is 4.74 Å². The summed E-state index contributed by atoms with van der Waals surface area (Å²) in [6.45, 7) is 8.25. The van der Waals surface area contributed by atoms with Crippen molar-refractivity contribution in [1.82, 2.24) is 5.32 Å². The van der Waals surface area contributed by atoms with Gasteiger partial charge in [0.25, 0.3) is 0 Å². The molecule has 2 nitrogen and oxygen atoms in total. The Kier molecular flexibility index (Phi) is 7.21. The first kappa shape index (κ1) is 15.4. The van der Waals surface area contributed by atoms with Crippen molar-refractivity contribution in [2.24, 2.45) is 0 Å². The van der Waals surface area contributed by atoms with Crippen molar-refractivity contribution >= 4 is 11.8 Å². The number of nitrogens with one attached hydrogen (secondary N) is 1. The first-order valence-corrected chi connectivity index (χ1v) is 7.95. The Morgan fingerprint density at radius 1 is 1.28 bits per heavy atom. The maximum absolute atomic E-state index is 5.66. The van der Waals surface area contributed by atoms with Gasteiger partial charge < -0.3 is 10.1 Å². The van der Waals surface area contributed by atoms with E-state index in [4.69, 9.17) is 4.74 Å². The first-order chi connectivity index (χ1) is 8.69. The molecule has 0 aliphatic heterocycles. The van der Waals surface area contributed by atoms with E-state index in [1.54, 1.807) is 0 Å². The normalized spacial score (nSPS) is 14.2. The SMILES string of the molecule is CCOc1ccccc1C(C)NCCC(C)SC. The number of benzene rings is 1. The zero-order valence-corrected chi connectivity index (χ0v) is 12.7. The van der Waals surface area contributed by atoms with Crippen LogP contribution in [0.15, 0.2) is 24.3 Å². The van der Waals surface area contributed by atoms with Gasteiger partial charge in [0.2, 0.25) is 0 Å². The Labute approximate surface area is 116 Å². The van der Waals surface area contributed by atoms with Crippen molar-refractivity contribution in [1.29, 1.82) is 0 Å². The van der Waals surface area contributed by atoms with E-state index in [1.807, 2.05) is 30.8 Å². The fraction of sp³-hybridized carbons (Fsp3) is 0.600. The molecule has 1 aromatic carbocycles. The van der Waals surface area contributed by atoms with Crippen LogP contribution in [0.1, 0.15) is 38.8 Å². The number of thioether (sulfide) groups is 1. The van der Waals surface area contributed by atoms with Gasteiger partial charge in [0.15, 0.2) is 0 Å². The summed E-state index contributed by atoms with van der Waals surface area (Å²) >= 11 is 1.92. The summed E-state index contributed by atoms with van der Waals surface area (Å²) in [5, 5.41) is 4.28. The van der Waals surface area contributed by atoms with Gasteiger partial charge in [-0.15, -0.1) is 0 Å². The largest absolute Gasteiger partial charge is 0.494 e. The predicted molar refractivity (Wildman–Crippen MR) is 81.6 cm³/mol. The zero-order valence-electron chi connectivity index (χ0n) is 11.9. The number of ether oxygens (including phenoxy) is 1. The maximum atomic E-state index is 5.66. The summed E-state index contributed by atoms with van der Waals surface area (Å²) in [6, 6.07) is 8.61. The number of hydrogen-bond donors (Lipinski definition) is 1. The average Bonchev–Trinajstić information content (AvgIpc) is 2.39. The summed E-state index contributed by atoms with van der Waals surface area (Å²) < 4.78 is 5.66. The van der Waals surface area contributed by atoms with E-state index in [0.717, 1.165) is 12.3 Å². The topological polar surface area (TPSA) is 21.3 Å². The minimum atomic E-state index is 0.335. The highest BCUT2D eigenvalue weighted by molar-refractivity contribution is 7.99. The molecule has 102 valence electrons. The second-order valence-electron chi connectivity index (χ2n) is 4.48. The Hall–Kier alpha value is -0.670. The highest BCUT2D eigenvalue weighted by Crippen LogP contribution is 2.24. The van der Waals surface area contributed by atoms with Gasteiger partial charge in [0, 0.05) is 16.9 Å². The second-order valence-corrected chi connectivity index (χ2v) is 5.76. The van der Waals surface area contributed by atoms with Crippen LogP contribution in [0.3, 0.4) is 0 Å². The van der Waals surface area contributed by atoms with Crippen LogP contribution in [-0.2, 0) is 0 Å². The number of hydrogen-bond acceptors (Lipinski definition) is 3. The molecule has 0 spiro atoms. The monoisotopic (exact) mass is 267 g/mol. The molecule has 0 aliphatic carbocycles. The van der Waals surface area contributed by atoms with Gasteiger partial charge in [-0.2, -0.15) is 11.8 Å². The van der Waals surface area contributed by atoms with Gasteiger partial charge in [-0.1, -0.05) is 25.1 Å². The third-order valence-electron chi connectivity index (χ3n) is 3.09. The standard InChI is InChI=1S/C15H25NOS/c1-5-17-15-9-7-6-8-14(15)13(3)16-11-10-12(2)18-4/h6-9,12-13,16H,5,10-11H2,1-4H3. The van der Waals surface area contributed by atoms with Crippen LogP contribution in [-0.4, -0.2) is 24.7 Å². The lowest BCUT2D eigenvalue weighted by Gasteiger charge is -2.18. The van der Waals surface area contributed by atoms with E-state index in [-0.39, 0.29) is 0 Å². The Morgan fingerprint density at radius 2 is 2.00 bits per heavy atom. The van der Waals surface area contributed by atoms with Crippen molar-refractivity contribution in [3.05, 3.63) is 29.8 Å². The average molecular weight is 267 g/mol. The molecule has 0 saturated heterocycles. The van der Waals surface area contributed by atoms with Gasteiger partial charge in [-0.25, -0.2) is 0 Å². The summed E-state index contributed by atoms with van der Waals surface area (Å²) in [7, 11) is 0. The van der Waals surface area contributed by atoms with E-state index in [1.165, 1.54) is 12.0 Å². The minimum Gasteiger partial charge on any atom is -0.494 e. The number of rotatable bonds is 8. The molecule has 0 amide bonds. The Balaban J connectivity index is 2.52. The highest BCUT2D eigenvalue weighted by atomic mass is 32.2. The van der Waals surface area contributed by atoms with E-state index < -0.39 is 0 Å². The lowest BCUT2D eigenvalue weighted by atomic mass is 10.1. The molecule has 2 atom stereocenters. The molecular formula is C15H25NOS. The third kappa shape index (κ3) is 4.91. The summed E-state index contributed by atoms with van der Waals surface area (Å²) in [5.41, 5.74) is 1.25. The molecule has 0 aliphatic rings. The lowest BCUT2D eigenvalue weighted by molar-refractivity contribution is 0.332. The molecule has 1 N–H and O–H groups in total. The van der Waals surface area contributed by atoms with Crippen molar-refractivity contribution in [3.63, 3.8) is 0 Å². The van der Waals surface area contributed by atoms with E-state index in [2.05, 4.69) is 37.6 Å². The summed E-state index contributed by atoms with van der Waals surface area (Å²) in [4.78, 5) is 0. The fourth-order valence-electron chi connectivity index (χ4n) is 1.86. The molecule has 0 saturated carbocycles. The van der Waals surface area contributed by atoms with Crippen molar-refractivity contribution in [3.8, 4) is 5.75 Å². The van der Waals surface area contributed by atoms with Gasteiger partial charge >= 0.3 is 0 Å². The van der Waals surface area contributed by atoms with Crippen LogP contribution in [0.4, 0.5) is 0 Å². The molecule has 2 unspecified atom stereocenters. The quantitative estimate of drug-likeness (QED) is 0.772. The van der Waals surface area contributed by atoms with E-state index in [0.29, 0.717) is 17.9 Å². The molecule has 0 heterocycles. The lowest BCUT2D eigenvalue weighted by Crippen LogP contribution is -2.22. The molecule has 0 bridgehead atoms. The van der Waals surface area contributed by atoms with Crippen LogP contribution in [0.2, 0.25) is 0 Å². The van der Waals surface area contributed by atoms with E-state index >= 15 is 0 Å². The molecular weight excluding hydrogens is 242 g/mol. The molecule has 18 heavy (non-hydrogen) atoms. The van der Waals surface area contributed by atoms with Crippen LogP contribution in [0.25, 0.3) is 0 Å². The predicted octanol–water partition coefficient (Wildman–Crippen LogP) is 3.88. The first-order valence-electron chi connectivity index (χ1n) is 6.67. The Morgan fingerprint density at radius 3 is 2.67 bits per heavy atom. The van der Waals surface area contributed by atoms with Crippen molar-refractivity contribution in [2.45, 2.75) is 38.5 Å². The number of para-hydroxylation sites is 1. The van der Waals surface area contributed by atoms with Gasteiger partial charge in [0.1, 0.15) is 5.75 Å². The van der Waals surface area contributed by atoms with E-state index in [9.17, 15) is 0 Å². The summed E-state index contributed by atoms with van der Waals surface area (Å²) in [5.74, 6) is 0.998. The third-order valence-corrected chi connectivity index (χ3v) is 4.13. The molecule has 0 aromatic heterocycles. The van der Waals surface area contributed by atoms with Gasteiger partial charge in [-0.05, 0) is 39.1 Å². The van der Waals surface area contributed by atoms with Gasteiger partial charge in [0.05, 0.1) is 6.61 Å². The molecule has 1 rings (SSSR count). The Bertz CT molecular complexity index is 343. The fourth-order valence-corrected chi connectivity index (χ4v) is 2.21. The van der Waals surface area contributed by atoms with Crippen LogP contribution in [0.5, 0.6) is 5.75 Å². The smallest absolute Gasteiger partial charge is 0.124 e. The summed E-state index contributed by atoms with van der Waals surface area (Å²) in [6.07, 6.45) is 3.36. The van der Waals surface area contributed by atoms with Crippen LogP contribution in [0, 0.1) is 0 Å². The van der Waals surface area contributed by atoms with Gasteiger partial charge in [-0.3, -0.25) is 0 Å². The van der Waals surface area contributed by atoms with Crippen molar-refractivity contribution in [2.75, 3.05) is 19.4 Å². The maximum Gasteiger partial charge on any atom is 0.124 e.